The molecular formula is C16H24O4. The monoisotopic (exact) mass is 280 g/mol. The van der Waals surface area contributed by atoms with E-state index in [4.69, 9.17) is 9.47 Å². The highest BCUT2D eigenvalue weighted by Crippen LogP contribution is 2.13. The molecule has 0 amide bonds. The lowest BCUT2D eigenvalue weighted by Crippen LogP contribution is -2.01. The van der Waals surface area contributed by atoms with Gasteiger partial charge >= 0.3 is 5.97 Å². The van der Waals surface area contributed by atoms with Gasteiger partial charge in [0.05, 0.1) is 19.3 Å². The van der Waals surface area contributed by atoms with Crippen LogP contribution in [0.3, 0.4) is 0 Å². The largest absolute Gasteiger partial charge is 0.494 e. The number of hydrogen-bond acceptors (Lipinski definition) is 4. The van der Waals surface area contributed by atoms with Crippen LogP contribution in [0.4, 0.5) is 0 Å². The number of methoxy groups -OCH3 is 2. The number of rotatable bonds is 10. The summed E-state index contributed by atoms with van der Waals surface area (Å²) in [5.74, 6) is 0.463. The summed E-state index contributed by atoms with van der Waals surface area (Å²) in [4.78, 5) is 11.3. The average Bonchev–Trinajstić information content (AvgIpc) is 2.50. The van der Waals surface area contributed by atoms with Crippen LogP contribution in [0.1, 0.15) is 42.5 Å². The van der Waals surface area contributed by atoms with Gasteiger partial charge in [-0.3, -0.25) is 0 Å². The van der Waals surface area contributed by atoms with Crippen molar-refractivity contribution in [3.05, 3.63) is 29.8 Å². The van der Waals surface area contributed by atoms with Gasteiger partial charge in [0.25, 0.3) is 0 Å². The maximum atomic E-state index is 11.3. The van der Waals surface area contributed by atoms with E-state index in [-0.39, 0.29) is 5.97 Å². The maximum absolute atomic E-state index is 11.3. The molecule has 0 saturated heterocycles. The Morgan fingerprint density at radius 3 is 2.10 bits per heavy atom. The summed E-state index contributed by atoms with van der Waals surface area (Å²) in [5.41, 5.74) is 0.540. The van der Waals surface area contributed by atoms with Crippen molar-refractivity contribution in [3.63, 3.8) is 0 Å². The molecule has 0 fully saturated rings. The topological polar surface area (TPSA) is 44.8 Å². The predicted molar refractivity (Wildman–Crippen MR) is 78.2 cm³/mol. The van der Waals surface area contributed by atoms with E-state index in [1.807, 2.05) is 0 Å². The van der Waals surface area contributed by atoms with Gasteiger partial charge in [0.15, 0.2) is 0 Å². The summed E-state index contributed by atoms with van der Waals surface area (Å²) in [6, 6.07) is 7.02. The van der Waals surface area contributed by atoms with Crippen molar-refractivity contribution in [1.29, 1.82) is 0 Å². The van der Waals surface area contributed by atoms with Crippen molar-refractivity contribution in [2.24, 2.45) is 0 Å². The minimum Gasteiger partial charge on any atom is -0.494 e. The molecule has 1 aromatic rings. The molecule has 4 nitrogen and oxygen atoms in total. The molecule has 0 aromatic heterocycles. The van der Waals surface area contributed by atoms with Crippen LogP contribution < -0.4 is 4.74 Å². The first-order valence-corrected chi connectivity index (χ1v) is 7.08. The van der Waals surface area contributed by atoms with Crippen LogP contribution in [0.15, 0.2) is 24.3 Å². The average molecular weight is 280 g/mol. The third kappa shape index (κ3) is 6.57. The van der Waals surface area contributed by atoms with Gasteiger partial charge in [-0.25, -0.2) is 4.79 Å². The van der Waals surface area contributed by atoms with Crippen LogP contribution in [0.25, 0.3) is 0 Å². The van der Waals surface area contributed by atoms with Crippen molar-refractivity contribution >= 4 is 5.97 Å². The highest BCUT2D eigenvalue weighted by Gasteiger charge is 2.04. The fourth-order valence-corrected chi connectivity index (χ4v) is 1.87. The molecule has 0 saturated carbocycles. The fourth-order valence-electron chi connectivity index (χ4n) is 1.87. The number of esters is 1. The van der Waals surface area contributed by atoms with Gasteiger partial charge in [0, 0.05) is 13.7 Å². The van der Waals surface area contributed by atoms with E-state index in [9.17, 15) is 4.79 Å². The first kappa shape index (κ1) is 16.5. The molecule has 4 heteroatoms. The summed E-state index contributed by atoms with van der Waals surface area (Å²) in [7, 11) is 3.11. The number of carbonyl (C=O) groups excluding carboxylic acids is 1. The van der Waals surface area contributed by atoms with E-state index >= 15 is 0 Å². The Kier molecular flexibility index (Phi) is 8.47. The number of carbonyl (C=O) groups is 1. The van der Waals surface area contributed by atoms with Crippen LogP contribution >= 0.6 is 0 Å². The third-order valence-electron chi connectivity index (χ3n) is 3.04. The summed E-state index contributed by atoms with van der Waals surface area (Å²) in [6.45, 7) is 1.56. The standard InChI is InChI=1S/C16H24O4/c1-18-12-6-4-3-5-7-13-20-15-10-8-14(9-11-15)16(17)19-2/h8-11H,3-7,12-13H2,1-2H3. The van der Waals surface area contributed by atoms with Crippen molar-refractivity contribution < 1.29 is 19.0 Å². The molecular weight excluding hydrogens is 256 g/mol. The molecule has 20 heavy (non-hydrogen) atoms. The zero-order chi connectivity index (χ0) is 14.6. The van der Waals surface area contributed by atoms with E-state index in [0.29, 0.717) is 12.2 Å². The van der Waals surface area contributed by atoms with Crippen LogP contribution in [-0.2, 0) is 9.47 Å². The van der Waals surface area contributed by atoms with Crippen molar-refractivity contribution in [2.45, 2.75) is 32.1 Å². The van der Waals surface area contributed by atoms with Crippen molar-refractivity contribution in [2.75, 3.05) is 27.4 Å². The highest BCUT2D eigenvalue weighted by molar-refractivity contribution is 5.89. The van der Waals surface area contributed by atoms with Crippen LogP contribution in [-0.4, -0.2) is 33.4 Å². The van der Waals surface area contributed by atoms with E-state index in [0.717, 1.165) is 25.2 Å². The number of unbranched alkanes of at least 4 members (excludes halogenated alkanes) is 4. The van der Waals surface area contributed by atoms with E-state index in [1.54, 1.807) is 31.4 Å². The van der Waals surface area contributed by atoms with Gasteiger partial charge in [0.1, 0.15) is 5.75 Å². The Morgan fingerprint density at radius 2 is 1.50 bits per heavy atom. The Bertz CT molecular complexity index is 373. The van der Waals surface area contributed by atoms with Crippen LogP contribution in [0.5, 0.6) is 5.75 Å². The normalized spacial score (nSPS) is 10.3. The van der Waals surface area contributed by atoms with Crippen molar-refractivity contribution in [1.82, 2.24) is 0 Å². The minimum absolute atomic E-state index is 0.326. The van der Waals surface area contributed by atoms with Gasteiger partial charge in [0.2, 0.25) is 0 Å². The number of benzene rings is 1. The Morgan fingerprint density at radius 1 is 0.900 bits per heavy atom. The maximum Gasteiger partial charge on any atom is 0.337 e. The molecule has 0 bridgehead atoms. The quantitative estimate of drug-likeness (QED) is 0.486. The SMILES string of the molecule is COCCCCCCCOc1ccc(C(=O)OC)cc1. The molecule has 1 rings (SSSR count). The van der Waals surface area contributed by atoms with E-state index in [2.05, 4.69) is 4.74 Å². The van der Waals surface area contributed by atoms with Crippen LogP contribution in [0, 0.1) is 0 Å². The number of ether oxygens (including phenoxy) is 3. The van der Waals surface area contributed by atoms with Gasteiger partial charge < -0.3 is 14.2 Å². The van der Waals surface area contributed by atoms with Gasteiger partial charge in [-0.2, -0.15) is 0 Å². The lowest BCUT2D eigenvalue weighted by Gasteiger charge is -2.07. The molecule has 0 unspecified atom stereocenters. The molecule has 1 aromatic carbocycles. The third-order valence-corrected chi connectivity index (χ3v) is 3.04. The Balaban J connectivity index is 2.11. The molecule has 0 heterocycles. The molecule has 0 radical (unpaired) electrons. The fraction of sp³-hybridized carbons (Fsp3) is 0.562. The van der Waals surface area contributed by atoms with Gasteiger partial charge in [-0.15, -0.1) is 0 Å². The predicted octanol–water partition coefficient (Wildman–Crippen LogP) is 3.45. The first-order chi connectivity index (χ1) is 9.77. The second-order valence-corrected chi connectivity index (χ2v) is 4.62. The molecule has 0 aliphatic rings. The Hall–Kier alpha value is -1.55. The summed E-state index contributed by atoms with van der Waals surface area (Å²) in [5, 5.41) is 0. The summed E-state index contributed by atoms with van der Waals surface area (Å²) in [6.07, 6.45) is 5.78. The van der Waals surface area contributed by atoms with E-state index in [1.165, 1.54) is 26.4 Å². The summed E-state index contributed by atoms with van der Waals surface area (Å²) < 4.78 is 15.3. The molecule has 0 aliphatic heterocycles. The zero-order valence-electron chi connectivity index (χ0n) is 12.4. The second kappa shape index (κ2) is 10.3. The number of hydrogen-bond donors (Lipinski definition) is 0. The lowest BCUT2D eigenvalue weighted by molar-refractivity contribution is 0.0600. The minimum atomic E-state index is -0.326. The Labute approximate surface area is 121 Å². The van der Waals surface area contributed by atoms with Gasteiger partial charge in [-0.1, -0.05) is 19.3 Å². The zero-order valence-corrected chi connectivity index (χ0v) is 12.4. The van der Waals surface area contributed by atoms with Gasteiger partial charge in [-0.05, 0) is 37.1 Å². The summed E-state index contributed by atoms with van der Waals surface area (Å²) >= 11 is 0. The second-order valence-electron chi connectivity index (χ2n) is 4.62. The molecule has 0 N–H and O–H groups in total. The smallest absolute Gasteiger partial charge is 0.337 e. The lowest BCUT2D eigenvalue weighted by atomic mass is 10.1. The first-order valence-electron chi connectivity index (χ1n) is 7.08. The molecule has 0 aliphatic carbocycles. The highest BCUT2D eigenvalue weighted by atomic mass is 16.5. The molecule has 0 spiro atoms. The molecule has 0 atom stereocenters. The van der Waals surface area contributed by atoms with E-state index < -0.39 is 0 Å². The van der Waals surface area contributed by atoms with Crippen LogP contribution in [0.2, 0.25) is 0 Å². The molecule has 112 valence electrons. The van der Waals surface area contributed by atoms with Crippen molar-refractivity contribution in [3.8, 4) is 5.75 Å².